The number of nitrogens with zero attached hydrogens (tertiary/aromatic N) is 1. The molecule has 168 valence electrons. The van der Waals surface area contributed by atoms with E-state index >= 15 is 0 Å². The Labute approximate surface area is 187 Å². The van der Waals surface area contributed by atoms with Crippen molar-refractivity contribution in [2.45, 2.75) is 6.61 Å². The van der Waals surface area contributed by atoms with Crippen molar-refractivity contribution in [3.8, 4) is 34.3 Å². The molecule has 0 saturated carbocycles. The molecule has 3 aromatic rings. The van der Waals surface area contributed by atoms with Crippen LogP contribution in [0.2, 0.25) is 0 Å². The van der Waals surface area contributed by atoms with Gasteiger partial charge in [0.15, 0.2) is 16.6 Å². The van der Waals surface area contributed by atoms with Gasteiger partial charge in [-0.15, -0.1) is 11.3 Å². The number of carbonyl (C=O) groups excluding carboxylic acids is 1. The Bertz CT molecular complexity index is 1120. The van der Waals surface area contributed by atoms with E-state index in [9.17, 15) is 13.6 Å². The summed E-state index contributed by atoms with van der Waals surface area (Å²) < 4.78 is 45.6. The standard InChI is InChI=1S/C22H20F2N2O5S/c1-28-14-8-9-15(18(11-14)30-3)16-12-32-22(25-16)26-19(27)10-7-13-5-4-6-17(29-2)20(13)31-21(23)24/h4-12,21H,1-3H3,(H,25,26,27)/b10-7+. The summed E-state index contributed by atoms with van der Waals surface area (Å²) in [5.41, 5.74) is 1.63. The van der Waals surface area contributed by atoms with E-state index in [1.165, 1.54) is 42.7 Å². The number of aromatic nitrogens is 1. The lowest BCUT2D eigenvalue weighted by atomic mass is 10.1. The van der Waals surface area contributed by atoms with Gasteiger partial charge in [0, 0.05) is 28.6 Å². The summed E-state index contributed by atoms with van der Waals surface area (Å²) in [5, 5.41) is 4.79. The molecule has 1 heterocycles. The summed E-state index contributed by atoms with van der Waals surface area (Å²) in [6.07, 6.45) is 2.55. The first-order valence-electron chi connectivity index (χ1n) is 9.24. The molecule has 0 fully saturated rings. The second-order valence-corrected chi connectivity index (χ2v) is 7.04. The molecule has 0 radical (unpaired) electrons. The van der Waals surface area contributed by atoms with Gasteiger partial charge in [0.2, 0.25) is 5.91 Å². The van der Waals surface area contributed by atoms with Crippen LogP contribution in [0.3, 0.4) is 0 Å². The van der Waals surface area contributed by atoms with E-state index < -0.39 is 12.5 Å². The minimum absolute atomic E-state index is 0.130. The highest BCUT2D eigenvalue weighted by molar-refractivity contribution is 7.14. The zero-order valence-electron chi connectivity index (χ0n) is 17.4. The number of alkyl halides is 2. The number of methoxy groups -OCH3 is 3. The molecule has 0 aliphatic rings. The van der Waals surface area contributed by atoms with Crippen molar-refractivity contribution >= 4 is 28.5 Å². The molecule has 0 atom stereocenters. The van der Waals surface area contributed by atoms with Crippen LogP contribution in [0, 0.1) is 0 Å². The van der Waals surface area contributed by atoms with Crippen molar-refractivity contribution in [2.75, 3.05) is 26.6 Å². The van der Waals surface area contributed by atoms with Crippen molar-refractivity contribution in [1.29, 1.82) is 0 Å². The maximum absolute atomic E-state index is 12.7. The molecular formula is C22H20F2N2O5S. The Balaban J connectivity index is 1.75. The Morgan fingerprint density at radius 3 is 2.56 bits per heavy atom. The van der Waals surface area contributed by atoms with E-state index in [0.29, 0.717) is 22.3 Å². The van der Waals surface area contributed by atoms with E-state index in [4.69, 9.17) is 14.2 Å². The third-order valence-corrected chi connectivity index (χ3v) is 5.03. The summed E-state index contributed by atoms with van der Waals surface area (Å²) in [5.74, 6) is 0.714. The van der Waals surface area contributed by atoms with Crippen LogP contribution in [0.5, 0.6) is 23.0 Å². The van der Waals surface area contributed by atoms with Gasteiger partial charge in [-0.25, -0.2) is 4.98 Å². The number of anilines is 1. The third kappa shape index (κ3) is 5.52. The zero-order valence-corrected chi connectivity index (χ0v) is 18.2. The molecule has 0 spiro atoms. The van der Waals surface area contributed by atoms with Gasteiger partial charge in [-0.05, 0) is 24.3 Å². The van der Waals surface area contributed by atoms with E-state index in [0.717, 1.165) is 5.56 Å². The summed E-state index contributed by atoms with van der Waals surface area (Å²) in [6.45, 7) is -3.03. The minimum atomic E-state index is -3.03. The highest BCUT2D eigenvalue weighted by Gasteiger charge is 2.15. The number of hydrogen-bond donors (Lipinski definition) is 1. The van der Waals surface area contributed by atoms with Gasteiger partial charge in [0.25, 0.3) is 0 Å². The van der Waals surface area contributed by atoms with Crippen molar-refractivity contribution in [1.82, 2.24) is 4.98 Å². The highest BCUT2D eigenvalue weighted by Crippen LogP contribution is 2.35. The number of rotatable bonds is 9. The van der Waals surface area contributed by atoms with Crippen LogP contribution < -0.4 is 24.3 Å². The Hall–Kier alpha value is -3.66. The maximum atomic E-state index is 12.7. The van der Waals surface area contributed by atoms with Crippen LogP contribution in [0.15, 0.2) is 47.9 Å². The zero-order chi connectivity index (χ0) is 23.1. The maximum Gasteiger partial charge on any atom is 0.387 e. The summed E-state index contributed by atoms with van der Waals surface area (Å²) in [4.78, 5) is 16.7. The van der Waals surface area contributed by atoms with E-state index in [1.54, 1.807) is 37.8 Å². The molecule has 1 N–H and O–H groups in total. The lowest BCUT2D eigenvalue weighted by Gasteiger charge is -2.12. The van der Waals surface area contributed by atoms with Crippen LogP contribution >= 0.6 is 11.3 Å². The summed E-state index contributed by atoms with van der Waals surface area (Å²) in [6, 6.07) is 9.95. The Morgan fingerprint density at radius 1 is 1.09 bits per heavy atom. The number of ether oxygens (including phenoxy) is 4. The lowest BCUT2D eigenvalue weighted by molar-refractivity contribution is -0.111. The minimum Gasteiger partial charge on any atom is -0.497 e. The van der Waals surface area contributed by atoms with Gasteiger partial charge in [-0.2, -0.15) is 8.78 Å². The topological polar surface area (TPSA) is 78.9 Å². The second kappa shape index (κ2) is 10.6. The van der Waals surface area contributed by atoms with Gasteiger partial charge in [0.1, 0.15) is 11.5 Å². The van der Waals surface area contributed by atoms with Crippen LogP contribution in [-0.2, 0) is 4.79 Å². The monoisotopic (exact) mass is 462 g/mol. The number of halogens is 2. The molecule has 0 aliphatic heterocycles. The van der Waals surface area contributed by atoms with Gasteiger partial charge in [-0.3, -0.25) is 10.1 Å². The van der Waals surface area contributed by atoms with Gasteiger partial charge >= 0.3 is 6.61 Å². The van der Waals surface area contributed by atoms with Gasteiger partial charge < -0.3 is 18.9 Å². The number of benzene rings is 2. The Morgan fingerprint density at radius 2 is 1.88 bits per heavy atom. The van der Waals surface area contributed by atoms with Crippen LogP contribution in [0.4, 0.5) is 13.9 Å². The first kappa shape index (κ1) is 23.0. The fraction of sp³-hybridized carbons (Fsp3) is 0.182. The van der Waals surface area contributed by atoms with Crippen LogP contribution in [-0.4, -0.2) is 38.8 Å². The van der Waals surface area contributed by atoms with E-state index in [2.05, 4.69) is 15.0 Å². The number of para-hydroxylation sites is 1. The largest absolute Gasteiger partial charge is 0.497 e. The molecule has 10 heteroatoms. The number of thiazole rings is 1. The SMILES string of the molecule is COc1ccc(-c2csc(NC(=O)/C=C/c3cccc(OC)c3OC(F)F)n2)c(OC)c1. The normalized spacial score (nSPS) is 10.9. The van der Waals surface area contributed by atoms with E-state index in [-0.39, 0.29) is 17.1 Å². The number of hydrogen-bond acceptors (Lipinski definition) is 7. The van der Waals surface area contributed by atoms with Crippen molar-refractivity contribution < 1.29 is 32.5 Å². The fourth-order valence-electron chi connectivity index (χ4n) is 2.82. The van der Waals surface area contributed by atoms with E-state index in [1.807, 2.05) is 6.07 Å². The van der Waals surface area contributed by atoms with Crippen LogP contribution in [0.25, 0.3) is 17.3 Å². The molecule has 7 nitrogen and oxygen atoms in total. The molecule has 1 amide bonds. The molecule has 0 unspecified atom stereocenters. The molecule has 2 aromatic carbocycles. The predicted octanol–water partition coefficient (Wildman–Crippen LogP) is 5.09. The highest BCUT2D eigenvalue weighted by atomic mass is 32.1. The predicted molar refractivity (Wildman–Crippen MR) is 118 cm³/mol. The first-order valence-corrected chi connectivity index (χ1v) is 10.1. The van der Waals surface area contributed by atoms with Crippen molar-refractivity contribution in [3.63, 3.8) is 0 Å². The van der Waals surface area contributed by atoms with Crippen molar-refractivity contribution in [3.05, 3.63) is 53.4 Å². The molecule has 3 rings (SSSR count). The second-order valence-electron chi connectivity index (χ2n) is 6.18. The van der Waals surface area contributed by atoms with Gasteiger partial charge in [-0.1, -0.05) is 12.1 Å². The average Bonchev–Trinajstić information content (AvgIpc) is 3.25. The third-order valence-electron chi connectivity index (χ3n) is 4.27. The number of carbonyl (C=O) groups is 1. The smallest absolute Gasteiger partial charge is 0.387 e. The van der Waals surface area contributed by atoms with Gasteiger partial charge in [0.05, 0.1) is 27.0 Å². The van der Waals surface area contributed by atoms with Crippen LogP contribution in [0.1, 0.15) is 5.56 Å². The molecule has 32 heavy (non-hydrogen) atoms. The first-order chi connectivity index (χ1) is 15.4. The quantitative estimate of drug-likeness (QED) is 0.447. The average molecular weight is 462 g/mol. The fourth-order valence-corrected chi connectivity index (χ4v) is 3.53. The molecule has 0 bridgehead atoms. The molecule has 1 aromatic heterocycles. The number of amides is 1. The number of nitrogens with one attached hydrogen (secondary N) is 1. The molecular weight excluding hydrogens is 442 g/mol. The summed E-state index contributed by atoms with van der Waals surface area (Å²) in [7, 11) is 4.45. The summed E-state index contributed by atoms with van der Waals surface area (Å²) >= 11 is 1.23. The Kier molecular flexibility index (Phi) is 7.61. The lowest BCUT2D eigenvalue weighted by Crippen LogP contribution is -2.08. The van der Waals surface area contributed by atoms with Crippen molar-refractivity contribution in [2.24, 2.45) is 0 Å². The molecule has 0 saturated heterocycles. The molecule has 0 aliphatic carbocycles.